The molecular weight excluding hydrogens is 581 g/mol. The summed E-state index contributed by atoms with van der Waals surface area (Å²) in [5, 5.41) is 15.6. The summed E-state index contributed by atoms with van der Waals surface area (Å²) in [5.74, 6) is -1.51. The molecule has 0 fully saturated rings. The van der Waals surface area contributed by atoms with Crippen molar-refractivity contribution in [3.8, 4) is 22.9 Å². The molecule has 1 amide bonds. The maximum absolute atomic E-state index is 15.2. The number of nitrogens with zero attached hydrogens (tertiary/aromatic N) is 3. The van der Waals surface area contributed by atoms with Crippen LogP contribution in [0.4, 0.5) is 10.1 Å². The van der Waals surface area contributed by atoms with Crippen molar-refractivity contribution in [2.45, 2.75) is 39.4 Å². The summed E-state index contributed by atoms with van der Waals surface area (Å²) in [6, 6.07) is 18.5. The summed E-state index contributed by atoms with van der Waals surface area (Å²) in [5.41, 5.74) is 0.920. The fourth-order valence-electron chi connectivity index (χ4n) is 5.06. The van der Waals surface area contributed by atoms with Crippen molar-refractivity contribution in [2.75, 3.05) is 12.4 Å². The van der Waals surface area contributed by atoms with Gasteiger partial charge in [-0.05, 0) is 63.2 Å². The molecule has 0 aliphatic heterocycles. The van der Waals surface area contributed by atoms with Gasteiger partial charge in [0, 0.05) is 35.4 Å². The van der Waals surface area contributed by atoms with Gasteiger partial charge in [-0.2, -0.15) is 0 Å². The number of carbonyl (C=O) groups is 2. The van der Waals surface area contributed by atoms with Crippen molar-refractivity contribution in [3.63, 3.8) is 0 Å². The molecule has 5 aromatic rings. The summed E-state index contributed by atoms with van der Waals surface area (Å²) in [4.78, 5) is 42.8. The van der Waals surface area contributed by atoms with Crippen LogP contribution in [0.2, 0.25) is 0 Å². The number of rotatable bonds is 11. The highest BCUT2D eigenvalue weighted by Gasteiger charge is 2.26. The largest absolute Gasteiger partial charge is 0.497 e. The van der Waals surface area contributed by atoms with E-state index >= 15 is 4.39 Å². The minimum absolute atomic E-state index is 0.0674. The number of nitrogens with one attached hydrogen (secondary N) is 2. The standard InChI is InChI=1S/C33H32FN5O6/c1-19(36-20(2)33(42)43)18-38-21(3)30(32(41)39(38)23-8-6-5-7-9-23)31(40)37-22-10-13-29(26(34)16-22)45-28-14-15-35-27-17-24(44-4)11-12-25(27)28/h5-17,19-20,36H,18H2,1-4H3,(H,37,40)(H,42,43). The van der Waals surface area contributed by atoms with E-state index in [0.29, 0.717) is 33.8 Å². The molecule has 45 heavy (non-hydrogen) atoms. The maximum atomic E-state index is 15.2. The molecule has 0 radical (unpaired) electrons. The van der Waals surface area contributed by atoms with Crippen LogP contribution < -0.4 is 25.7 Å². The second kappa shape index (κ2) is 13.0. The normalized spacial score (nSPS) is 12.5. The van der Waals surface area contributed by atoms with Gasteiger partial charge in [-0.25, -0.2) is 9.07 Å². The van der Waals surface area contributed by atoms with Crippen molar-refractivity contribution < 1.29 is 28.6 Å². The fourth-order valence-corrected chi connectivity index (χ4v) is 5.06. The van der Waals surface area contributed by atoms with Gasteiger partial charge in [0.2, 0.25) is 0 Å². The number of ether oxygens (including phenoxy) is 2. The Hall–Kier alpha value is -5.49. The molecule has 3 aromatic carbocycles. The maximum Gasteiger partial charge on any atom is 0.320 e. The molecule has 3 N–H and O–H groups in total. The molecule has 0 aliphatic rings. The highest BCUT2D eigenvalue weighted by molar-refractivity contribution is 6.05. The first kappa shape index (κ1) is 31.0. The molecule has 2 unspecified atom stereocenters. The van der Waals surface area contributed by atoms with Crippen LogP contribution in [0.15, 0.2) is 83.8 Å². The van der Waals surface area contributed by atoms with Gasteiger partial charge in [0.05, 0.1) is 30.6 Å². The molecule has 0 saturated heterocycles. The zero-order valence-corrected chi connectivity index (χ0v) is 25.1. The number of methoxy groups -OCH3 is 1. The summed E-state index contributed by atoms with van der Waals surface area (Å²) < 4.78 is 29.3. The lowest BCUT2D eigenvalue weighted by molar-refractivity contribution is -0.139. The van der Waals surface area contributed by atoms with Gasteiger partial charge >= 0.3 is 5.97 Å². The van der Waals surface area contributed by atoms with Crippen LogP contribution in [-0.2, 0) is 11.3 Å². The number of aromatic nitrogens is 3. The molecule has 5 rings (SSSR count). The van der Waals surface area contributed by atoms with Crippen molar-refractivity contribution >= 4 is 28.5 Å². The van der Waals surface area contributed by atoms with Gasteiger partial charge in [0.15, 0.2) is 11.6 Å². The third kappa shape index (κ3) is 6.55. The highest BCUT2D eigenvalue weighted by atomic mass is 19.1. The smallest absolute Gasteiger partial charge is 0.320 e. The van der Waals surface area contributed by atoms with Crippen molar-refractivity contribution in [3.05, 3.63) is 106 Å². The zero-order chi connectivity index (χ0) is 32.2. The SMILES string of the molecule is COc1ccc2c(Oc3ccc(NC(=O)c4c(C)n(CC(C)NC(C)C(=O)O)n(-c5ccccc5)c4=O)cc3F)ccnc2c1. The average Bonchev–Trinajstić information content (AvgIpc) is 3.26. The second-order valence-corrected chi connectivity index (χ2v) is 10.5. The molecule has 0 aliphatic carbocycles. The lowest BCUT2D eigenvalue weighted by Crippen LogP contribution is -2.42. The van der Waals surface area contributed by atoms with E-state index in [4.69, 9.17) is 9.47 Å². The number of aliphatic carboxylic acids is 1. The number of anilines is 1. The lowest BCUT2D eigenvalue weighted by atomic mass is 10.2. The van der Waals surface area contributed by atoms with E-state index in [1.807, 2.05) is 0 Å². The number of fused-ring (bicyclic) bond motifs is 1. The van der Waals surface area contributed by atoms with E-state index < -0.39 is 29.3 Å². The Morgan fingerprint density at radius 2 is 1.78 bits per heavy atom. The van der Waals surface area contributed by atoms with Crippen LogP contribution >= 0.6 is 0 Å². The average molecular weight is 614 g/mol. The van der Waals surface area contributed by atoms with E-state index in [1.54, 1.807) is 86.4 Å². The Labute approximate surface area is 257 Å². The van der Waals surface area contributed by atoms with Gasteiger partial charge in [-0.3, -0.25) is 24.0 Å². The quantitative estimate of drug-likeness (QED) is 0.186. The lowest BCUT2D eigenvalue weighted by Gasteiger charge is -2.21. The van der Waals surface area contributed by atoms with Gasteiger partial charge < -0.3 is 25.2 Å². The number of halogens is 1. The Kier molecular flexibility index (Phi) is 8.96. The van der Waals surface area contributed by atoms with Crippen molar-refractivity contribution in [1.29, 1.82) is 0 Å². The predicted molar refractivity (Wildman–Crippen MR) is 167 cm³/mol. The minimum Gasteiger partial charge on any atom is -0.497 e. The first-order valence-electron chi connectivity index (χ1n) is 14.2. The summed E-state index contributed by atoms with van der Waals surface area (Å²) >= 11 is 0. The van der Waals surface area contributed by atoms with Crippen molar-refractivity contribution in [1.82, 2.24) is 19.7 Å². The van der Waals surface area contributed by atoms with Gasteiger partial charge in [0.25, 0.3) is 11.5 Å². The van der Waals surface area contributed by atoms with Crippen LogP contribution in [-0.4, -0.2) is 50.5 Å². The van der Waals surface area contributed by atoms with E-state index in [1.165, 1.54) is 23.7 Å². The molecule has 2 aromatic heterocycles. The molecule has 11 nitrogen and oxygen atoms in total. The molecule has 2 heterocycles. The number of amides is 1. The third-order valence-electron chi connectivity index (χ3n) is 7.30. The Balaban J connectivity index is 1.41. The van der Waals surface area contributed by atoms with E-state index in [-0.39, 0.29) is 29.6 Å². The number of carboxylic acid groups (broad SMARTS) is 1. The van der Waals surface area contributed by atoms with E-state index in [9.17, 15) is 19.5 Å². The number of benzene rings is 3. The number of para-hydroxylation sites is 1. The van der Waals surface area contributed by atoms with Gasteiger partial charge in [-0.1, -0.05) is 18.2 Å². The Morgan fingerprint density at radius 1 is 1.02 bits per heavy atom. The van der Waals surface area contributed by atoms with E-state index in [0.717, 1.165) is 6.07 Å². The monoisotopic (exact) mass is 613 g/mol. The molecule has 2 atom stereocenters. The molecular formula is C33H32FN5O6. The third-order valence-corrected chi connectivity index (χ3v) is 7.30. The number of hydrogen-bond donors (Lipinski definition) is 3. The Bertz CT molecular complexity index is 1940. The summed E-state index contributed by atoms with van der Waals surface area (Å²) in [6.45, 7) is 5.14. The first-order valence-corrected chi connectivity index (χ1v) is 14.2. The first-order chi connectivity index (χ1) is 21.6. The molecule has 0 bridgehead atoms. The molecule has 12 heteroatoms. The van der Waals surface area contributed by atoms with Crippen LogP contribution in [0, 0.1) is 12.7 Å². The van der Waals surface area contributed by atoms with E-state index in [2.05, 4.69) is 15.6 Å². The van der Waals surface area contributed by atoms with Crippen LogP contribution in [0.1, 0.15) is 29.9 Å². The van der Waals surface area contributed by atoms with Gasteiger partial charge in [0.1, 0.15) is 23.1 Å². The fraction of sp³-hybridized carbons (Fsp3) is 0.212. The summed E-state index contributed by atoms with van der Waals surface area (Å²) in [6.07, 6.45) is 1.55. The number of carbonyl (C=O) groups excluding carboxylic acids is 1. The van der Waals surface area contributed by atoms with Crippen LogP contribution in [0.3, 0.4) is 0 Å². The van der Waals surface area contributed by atoms with Gasteiger partial charge in [-0.15, -0.1) is 0 Å². The van der Waals surface area contributed by atoms with Crippen LogP contribution in [0.5, 0.6) is 17.2 Å². The molecule has 0 spiro atoms. The predicted octanol–water partition coefficient (Wildman–Crippen LogP) is 5.14. The number of carboxylic acids is 1. The van der Waals surface area contributed by atoms with Crippen molar-refractivity contribution in [2.24, 2.45) is 0 Å². The molecule has 232 valence electrons. The number of pyridine rings is 1. The zero-order valence-electron chi connectivity index (χ0n) is 25.1. The second-order valence-electron chi connectivity index (χ2n) is 10.5. The van der Waals surface area contributed by atoms with Crippen LogP contribution in [0.25, 0.3) is 16.6 Å². The Morgan fingerprint density at radius 3 is 2.47 bits per heavy atom. The number of hydrogen-bond acceptors (Lipinski definition) is 7. The summed E-state index contributed by atoms with van der Waals surface area (Å²) in [7, 11) is 1.55. The minimum atomic E-state index is -1.01. The highest BCUT2D eigenvalue weighted by Crippen LogP contribution is 2.33. The molecule has 0 saturated carbocycles. The topological polar surface area (TPSA) is 137 Å².